The Balaban J connectivity index is 0.926. The summed E-state index contributed by atoms with van der Waals surface area (Å²) in [6.07, 6.45) is 12.0. The van der Waals surface area contributed by atoms with Crippen LogP contribution in [0.2, 0.25) is 0 Å². The van der Waals surface area contributed by atoms with E-state index in [1.165, 1.54) is 31.4 Å². The average molecular weight is 648 g/mol. The van der Waals surface area contributed by atoms with E-state index < -0.39 is 17.7 Å². The van der Waals surface area contributed by atoms with Crippen molar-refractivity contribution in [3.8, 4) is 5.75 Å². The molecule has 0 bridgehead atoms. The van der Waals surface area contributed by atoms with Crippen LogP contribution in [-0.2, 0) is 15.1 Å². The summed E-state index contributed by atoms with van der Waals surface area (Å²) in [6, 6.07) is 15.6. The first-order valence-electron chi connectivity index (χ1n) is 17.8. The molecule has 2 atom stereocenters. The molecule has 0 spiro atoms. The highest BCUT2D eigenvalue weighted by Crippen LogP contribution is 2.40. The molecule has 2 aromatic carbocycles. The number of piperidine rings is 1. The maximum Gasteiger partial charge on any atom is 0.343 e. The molecule has 0 radical (unpaired) electrons. The molecule has 1 aromatic heterocycles. The molecule has 1 saturated carbocycles. The number of ether oxygens (including phenoxy) is 1. The van der Waals surface area contributed by atoms with Gasteiger partial charge in [-0.15, -0.1) is 0 Å². The van der Waals surface area contributed by atoms with Crippen LogP contribution >= 0.6 is 0 Å². The minimum absolute atomic E-state index is 0.00704. The molecule has 1 aliphatic carbocycles. The number of aromatic nitrogens is 1. The van der Waals surface area contributed by atoms with E-state index in [9.17, 15) is 24.9 Å². The fourth-order valence-corrected chi connectivity index (χ4v) is 7.43. The van der Waals surface area contributed by atoms with Gasteiger partial charge in [-0.3, -0.25) is 4.79 Å². The normalized spacial score (nSPS) is 18.6. The number of carbonyl (C=O) groups excluding carboxylic acids is 1. The van der Waals surface area contributed by atoms with Gasteiger partial charge in [-0.25, -0.2) is 4.79 Å². The molecule has 256 valence electrons. The molecule has 1 saturated heterocycles. The Morgan fingerprint density at radius 1 is 0.936 bits per heavy atom. The van der Waals surface area contributed by atoms with Gasteiger partial charge in [0.2, 0.25) is 5.56 Å². The molecule has 2 aliphatic rings. The number of aromatic amines is 1. The third-order valence-electron chi connectivity index (χ3n) is 10.3. The van der Waals surface area contributed by atoms with Crippen LogP contribution in [0.1, 0.15) is 94.3 Å². The molecule has 9 heteroatoms. The summed E-state index contributed by atoms with van der Waals surface area (Å²) in [5, 5.41) is 36.5. The van der Waals surface area contributed by atoms with Gasteiger partial charge >= 0.3 is 5.97 Å². The number of benzene rings is 2. The Morgan fingerprint density at radius 3 is 2.43 bits per heavy atom. The second kappa shape index (κ2) is 17.2. The highest BCUT2D eigenvalue weighted by atomic mass is 16.5. The van der Waals surface area contributed by atoms with E-state index in [1.54, 1.807) is 12.1 Å². The smallest absolute Gasteiger partial charge is 0.343 e. The molecule has 47 heavy (non-hydrogen) atoms. The third-order valence-corrected chi connectivity index (χ3v) is 10.3. The first kappa shape index (κ1) is 35.1. The second-order valence-corrected chi connectivity index (χ2v) is 13.6. The van der Waals surface area contributed by atoms with Crippen molar-refractivity contribution in [2.75, 3.05) is 39.3 Å². The minimum Gasteiger partial charge on any atom is -0.506 e. The summed E-state index contributed by atoms with van der Waals surface area (Å²) in [7, 11) is 0. The lowest BCUT2D eigenvalue weighted by atomic mass is 9.73. The summed E-state index contributed by atoms with van der Waals surface area (Å²) >= 11 is 0. The number of aliphatic hydroxyl groups excluding tert-OH is 1. The van der Waals surface area contributed by atoms with Gasteiger partial charge in [0.15, 0.2) is 5.60 Å². The number of fused-ring (bicyclic) bond motifs is 1. The number of hydrogen-bond acceptors (Lipinski definition) is 8. The number of hydrogen-bond donors (Lipinski definition) is 5. The maximum atomic E-state index is 13.4. The first-order valence-corrected chi connectivity index (χ1v) is 17.8. The Bertz CT molecular complexity index is 1470. The number of aromatic hydroxyl groups is 1. The molecule has 2 heterocycles. The van der Waals surface area contributed by atoms with Gasteiger partial charge in [-0.1, -0.05) is 74.9 Å². The number of rotatable bonds is 16. The van der Waals surface area contributed by atoms with Crippen LogP contribution in [0.4, 0.5) is 0 Å². The van der Waals surface area contributed by atoms with Crippen molar-refractivity contribution in [1.82, 2.24) is 15.2 Å². The standard InChI is InChI=1S/C38H53N3O6/c42-33-18-16-31(32-17-19-35(44)40-36(32)33)34(43)26-39-22-10-2-1-3-11-23-41-24-20-28(21-25-41)27-47-37(45)38(46,29-12-6-4-7-13-29)30-14-8-5-9-15-30/h4,6-7,12-13,16-19,28,30,34,39,42-43,46H,1-3,5,8-11,14-15,20-27H2,(H,40,44). The average Bonchev–Trinajstić information content (AvgIpc) is 3.11. The van der Waals surface area contributed by atoms with E-state index in [0.717, 1.165) is 84.0 Å². The van der Waals surface area contributed by atoms with Crippen LogP contribution in [0, 0.1) is 11.8 Å². The van der Waals surface area contributed by atoms with Gasteiger partial charge in [-0.2, -0.15) is 0 Å². The van der Waals surface area contributed by atoms with Crippen LogP contribution < -0.4 is 10.9 Å². The number of unbranched alkanes of at least 4 members (excludes halogenated alkanes) is 4. The number of carbonyl (C=O) groups is 1. The highest BCUT2D eigenvalue weighted by Gasteiger charge is 2.47. The zero-order valence-corrected chi connectivity index (χ0v) is 27.7. The first-order chi connectivity index (χ1) is 22.9. The van der Waals surface area contributed by atoms with Crippen molar-refractivity contribution >= 4 is 16.9 Å². The summed E-state index contributed by atoms with van der Waals surface area (Å²) in [5.41, 5.74) is -0.173. The zero-order chi connectivity index (χ0) is 33.1. The number of aliphatic hydroxyl groups is 2. The van der Waals surface area contributed by atoms with Crippen LogP contribution in [-0.4, -0.2) is 70.5 Å². The number of likely N-dealkylation sites (tertiary alicyclic amines) is 1. The Kier molecular flexibility index (Phi) is 12.9. The largest absolute Gasteiger partial charge is 0.506 e. The van der Waals surface area contributed by atoms with E-state index >= 15 is 0 Å². The van der Waals surface area contributed by atoms with Gasteiger partial charge in [0.05, 0.1) is 18.2 Å². The van der Waals surface area contributed by atoms with Gasteiger partial charge < -0.3 is 35.3 Å². The van der Waals surface area contributed by atoms with Gasteiger partial charge in [0.25, 0.3) is 0 Å². The van der Waals surface area contributed by atoms with Gasteiger partial charge in [-0.05, 0) is 93.9 Å². The fourth-order valence-electron chi connectivity index (χ4n) is 7.43. The molecule has 1 aliphatic heterocycles. The second-order valence-electron chi connectivity index (χ2n) is 13.6. The number of pyridine rings is 1. The number of H-pyrrole nitrogens is 1. The molecule has 0 amide bonds. The van der Waals surface area contributed by atoms with Crippen molar-refractivity contribution in [2.24, 2.45) is 11.8 Å². The Labute approximate surface area is 278 Å². The Hall–Kier alpha value is -3.24. The van der Waals surface area contributed by atoms with E-state index in [0.29, 0.717) is 41.1 Å². The van der Waals surface area contributed by atoms with Crippen molar-refractivity contribution in [3.63, 3.8) is 0 Å². The van der Waals surface area contributed by atoms with E-state index in [4.69, 9.17) is 4.74 Å². The number of nitrogens with one attached hydrogen (secondary N) is 2. The summed E-state index contributed by atoms with van der Waals surface area (Å²) < 4.78 is 5.86. The summed E-state index contributed by atoms with van der Waals surface area (Å²) in [5.74, 6) is -0.240. The fraction of sp³-hybridized carbons (Fsp3) is 0.579. The van der Waals surface area contributed by atoms with Gasteiger partial charge in [0, 0.05) is 23.9 Å². The molecular weight excluding hydrogens is 594 g/mol. The predicted octanol–water partition coefficient (Wildman–Crippen LogP) is 5.53. The maximum absolute atomic E-state index is 13.4. The van der Waals surface area contributed by atoms with E-state index in [2.05, 4.69) is 15.2 Å². The van der Waals surface area contributed by atoms with Crippen molar-refractivity contribution < 1.29 is 24.9 Å². The molecule has 3 aromatic rings. The summed E-state index contributed by atoms with van der Waals surface area (Å²) in [4.78, 5) is 30.2. The van der Waals surface area contributed by atoms with Crippen molar-refractivity contribution in [3.05, 3.63) is 76.1 Å². The molecule has 2 fully saturated rings. The molecule has 5 rings (SSSR count). The zero-order valence-electron chi connectivity index (χ0n) is 27.7. The van der Waals surface area contributed by atoms with E-state index in [1.807, 2.05) is 30.3 Å². The van der Waals surface area contributed by atoms with Crippen LogP contribution in [0.25, 0.3) is 10.9 Å². The lowest BCUT2D eigenvalue weighted by Crippen LogP contribution is -2.46. The molecular formula is C38H53N3O6. The van der Waals surface area contributed by atoms with Crippen LogP contribution in [0.15, 0.2) is 59.4 Å². The minimum atomic E-state index is -1.56. The summed E-state index contributed by atoms with van der Waals surface area (Å²) in [6.45, 7) is 4.75. The SMILES string of the molecule is O=C(OCC1CCN(CCCCCCCNCC(O)c2ccc(O)c3[nH]c(=O)ccc23)CC1)C(O)(c1ccccc1)C1CCCCC1. The predicted molar refractivity (Wildman–Crippen MR) is 184 cm³/mol. The topological polar surface area (TPSA) is 135 Å². The monoisotopic (exact) mass is 647 g/mol. The quantitative estimate of drug-likeness (QED) is 0.101. The third kappa shape index (κ3) is 9.22. The lowest BCUT2D eigenvalue weighted by Gasteiger charge is -2.37. The molecule has 9 nitrogen and oxygen atoms in total. The Morgan fingerprint density at radius 2 is 1.66 bits per heavy atom. The number of phenols is 1. The van der Waals surface area contributed by atoms with E-state index in [-0.39, 0.29) is 17.2 Å². The number of nitrogens with zero attached hydrogens (tertiary/aromatic N) is 1. The van der Waals surface area contributed by atoms with Crippen LogP contribution in [0.3, 0.4) is 0 Å². The molecule has 2 unspecified atom stereocenters. The van der Waals surface area contributed by atoms with Crippen LogP contribution in [0.5, 0.6) is 5.75 Å². The van der Waals surface area contributed by atoms with Crippen molar-refractivity contribution in [1.29, 1.82) is 0 Å². The number of phenolic OH excluding ortho intramolecular Hbond substituents is 1. The lowest BCUT2D eigenvalue weighted by molar-refractivity contribution is -0.177. The molecule has 5 N–H and O–H groups in total. The number of esters is 1. The van der Waals surface area contributed by atoms with Gasteiger partial charge in [0.1, 0.15) is 5.75 Å². The highest BCUT2D eigenvalue weighted by molar-refractivity contribution is 5.87. The van der Waals surface area contributed by atoms with Crippen molar-refractivity contribution in [2.45, 2.75) is 88.8 Å².